The van der Waals surface area contributed by atoms with Crippen LogP contribution in [0.15, 0.2) is 16.6 Å². The second kappa shape index (κ2) is 3.06. The summed E-state index contributed by atoms with van der Waals surface area (Å²) in [5, 5.41) is 19.0. The SMILES string of the molecule is O=[N+]([O-])c1c(Br)ccc(O)c1F. The van der Waals surface area contributed by atoms with Gasteiger partial charge in [0.2, 0.25) is 5.82 Å². The highest BCUT2D eigenvalue weighted by molar-refractivity contribution is 9.10. The summed E-state index contributed by atoms with van der Waals surface area (Å²) in [5.74, 6) is -1.96. The van der Waals surface area contributed by atoms with Gasteiger partial charge in [0, 0.05) is 0 Å². The van der Waals surface area contributed by atoms with Crippen molar-refractivity contribution in [1.29, 1.82) is 0 Å². The molecule has 0 atom stereocenters. The zero-order chi connectivity index (χ0) is 9.30. The van der Waals surface area contributed by atoms with E-state index in [1.807, 2.05) is 0 Å². The van der Waals surface area contributed by atoms with Crippen molar-refractivity contribution < 1.29 is 14.4 Å². The number of benzene rings is 1. The molecular formula is C6H3BrFNO3. The smallest absolute Gasteiger partial charge is 0.322 e. The molecule has 0 unspecified atom stereocenters. The first-order valence-corrected chi connectivity index (χ1v) is 3.64. The number of aromatic hydroxyl groups is 1. The van der Waals surface area contributed by atoms with Crippen LogP contribution in [0, 0.1) is 15.9 Å². The Labute approximate surface area is 74.9 Å². The fourth-order valence-corrected chi connectivity index (χ4v) is 1.15. The van der Waals surface area contributed by atoms with Gasteiger partial charge in [-0.2, -0.15) is 4.39 Å². The molecule has 6 heteroatoms. The first-order chi connectivity index (χ1) is 5.54. The molecule has 0 saturated heterocycles. The Balaban J connectivity index is 3.43. The third-order valence-corrected chi connectivity index (χ3v) is 1.87. The van der Waals surface area contributed by atoms with Crippen LogP contribution in [0.2, 0.25) is 0 Å². The van der Waals surface area contributed by atoms with Gasteiger partial charge in [-0.3, -0.25) is 10.1 Å². The van der Waals surface area contributed by atoms with Gasteiger partial charge in [0.15, 0.2) is 5.75 Å². The highest BCUT2D eigenvalue weighted by Gasteiger charge is 2.21. The maximum absolute atomic E-state index is 12.8. The van der Waals surface area contributed by atoms with Crippen molar-refractivity contribution in [2.45, 2.75) is 0 Å². The number of nitro groups is 1. The summed E-state index contributed by atoms with van der Waals surface area (Å²) in [6.45, 7) is 0. The van der Waals surface area contributed by atoms with Crippen LogP contribution in [-0.4, -0.2) is 10.0 Å². The van der Waals surface area contributed by atoms with Gasteiger partial charge in [-0.25, -0.2) is 0 Å². The zero-order valence-corrected chi connectivity index (χ0v) is 7.21. The number of nitro benzene ring substituents is 1. The lowest BCUT2D eigenvalue weighted by Gasteiger charge is -1.97. The van der Waals surface area contributed by atoms with Crippen LogP contribution in [0.1, 0.15) is 0 Å². The van der Waals surface area contributed by atoms with E-state index < -0.39 is 22.2 Å². The Hall–Kier alpha value is -1.17. The zero-order valence-electron chi connectivity index (χ0n) is 5.62. The maximum atomic E-state index is 12.8. The Bertz CT molecular complexity index is 342. The van der Waals surface area contributed by atoms with Crippen molar-refractivity contribution >= 4 is 21.6 Å². The molecule has 0 bridgehead atoms. The predicted octanol–water partition coefficient (Wildman–Crippen LogP) is 2.20. The molecule has 0 radical (unpaired) electrons. The number of hydrogen-bond acceptors (Lipinski definition) is 3. The van der Waals surface area contributed by atoms with E-state index >= 15 is 0 Å². The van der Waals surface area contributed by atoms with Crippen LogP contribution < -0.4 is 0 Å². The summed E-state index contributed by atoms with van der Waals surface area (Å²) in [6.07, 6.45) is 0. The van der Waals surface area contributed by atoms with Crippen molar-refractivity contribution in [3.05, 3.63) is 32.5 Å². The molecule has 0 amide bonds. The minimum absolute atomic E-state index is 0.00259. The second-order valence-corrected chi connectivity index (χ2v) is 2.84. The summed E-state index contributed by atoms with van der Waals surface area (Å²) < 4.78 is 12.8. The van der Waals surface area contributed by atoms with Gasteiger partial charge >= 0.3 is 5.69 Å². The van der Waals surface area contributed by atoms with Gasteiger partial charge in [-0.05, 0) is 28.1 Å². The Morgan fingerprint density at radius 3 is 2.58 bits per heavy atom. The molecule has 0 aliphatic carbocycles. The van der Waals surface area contributed by atoms with Crippen LogP contribution in [0.4, 0.5) is 10.1 Å². The minimum atomic E-state index is -1.23. The van der Waals surface area contributed by atoms with Crippen molar-refractivity contribution in [1.82, 2.24) is 0 Å². The molecule has 0 aliphatic rings. The molecule has 0 aliphatic heterocycles. The largest absolute Gasteiger partial charge is 0.505 e. The lowest BCUT2D eigenvalue weighted by molar-refractivity contribution is -0.388. The van der Waals surface area contributed by atoms with Gasteiger partial charge in [-0.1, -0.05) is 0 Å². The van der Waals surface area contributed by atoms with E-state index in [0.29, 0.717) is 0 Å². The van der Waals surface area contributed by atoms with Gasteiger partial charge in [0.25, 0.3) is 0 Å². The Kier molecular flexibility index (Phi) is 2.27. The number of phenolic OH excluding ortho intramolecular Hbond substituents is 1. The molecule has 0 heterocycles. The van der Waals surface area contributed by atoms with Crippen LogP contribution in [0.5, 0.6) is 5.75 Å². The number of nitrogens with zero attached hydrogens (tertiary/aromatic N) is 1. The molecule has 1 aromatic rings. The van der Waals surface area contributed by atoms with Crippen LogP contribution >= 0.6 is 15.9 Å². The third-order valence-electron chi connectivity index (χ3n) is 1.23. The summed E-state index contributed by atoms with van der Waals surface area (Å²) in [5.41, 5.74) is -0.755. The highest BCUT2D eigenvalue weighted by atomic mass is 79.9. The van der Waals surface area contributed by atoms with Crippen molar-refractivity contribution in [2.24, 2.45) is 0 Å². The van der Waals surface area contributed by atoms with E-state index in [9.17, 15) is 14.5 Å². The molecule has 1 rings (SSSR count). The van der Waals surface area contributed by atoms with Crippen molar-refractivity contribution in [3.8, 4) is 5.75 Å². The van der Waals surface area contributed by atoms with Crippen LogP contribution in [0.25, 0.3) is 0 Å². The van der Waals surface area contributed by atoms with Crippen molar-refractivity contribution in [3.63, 3.8) is 0 Å². The van der Waals surface area contributed by atoms with Crippen LogP contribution in [0.3, 0.4) is 0 Å². The molecule has 0 aromatic heterocycles. The first-order valence-electron chi connectivity index (χ1n) is 2.85. The number of phenols is 1. The average Bonchev–Trinajstić information content (AvgIpc) is 1.97. The van der Waals surface area contributed by atoms with Gasteiger partial charge in [0.1, 0.15) is 0 Å². The van der Waals surface area contributed by atoms with E-state index in [0.717, 1.165) is 6.07 Å². The summed E-state index contributed by atoms with van der Waals surface area (Å²) >= 11 is 2.79. The first kappa shape index (κ1) is 8.92. The van der Waals surface area contributed by atoms with Crippen molar-refractivity contribution in [2.75, 3.05) is 0 Å². The van der Waals surface area contributed by atoms with E-state index in [1.165, 1.54) is 6.07 Å². The van der Waals surface area contributed by atoms with E-state index in [1.54, 1.807) is 0 Å². The molecule has 0 spiro atoms. The lowest BCUT2D eigenvalue weighted by Crippen LogP contribution is -1.93. The molecule has 4 nitrogen and oxygen atoms in total. The van der Waals surface area contributed by atoms with Gasteiger partial charge in [0.05, 0.1) is 9.40 Å². The lowest BCUT2D eigenvalue weighted by atomic mass is 10.3. The molecule has 0 fully saturated rings. The fraction of sp³-hybridized carbons (Fsp3) is 0. The van der Waals surface area contributed by atoms with Gasteiger partial charge in [-0.15, -0.1) is 0 Å². The fourth-order valence-electron chi connectivity index (χ4n) is 0.698. The second-order valence-electron chi connectivity index (χ2n) is 1.99. The van der Waals surface area contributed by atoms with E-state index in [4.69, 9.17) is 5.11 Å². The number of halogens is 2. The molecule has 64 valence electrons. The number of rotatable bonds is 1. The standard InChI is InChI=1S/C6H3BrFNO3/c7-3-1-2-4(10)5(8)6(3)9(11)12/h1-2,10H. The molecular weight excluding hydrogens is 233 g/mol. The topological polar surface area (TPSA) is 63.4 Å². The molecule has 12 heavy (non-hydrogen) atoms. The summed E-state index contributed by atoms with van der Waals surface area (Å²) in [4.78, 5) is 9.32. The minimum Gasteiger partial charge on any atom is -0.505 e. The highest BCUT2D eigenvalue weighted by Crippen LogP contribution is 2.32. The molecule has 1 aromatic carbocycles. The Morgan fingerprint density at radius 1 is 1.58 bits per heavy atom. The molecule has 0 saturated carbocycles. The van der Waals surface area contributed by atoms with E-state index in [-0.39, 0.29) is 4.47 Å². The normalized spacial score (nSPS) is 9.83. The maximum Gasteiger partial charge on any atom is 0.322 e. The Morgan fingerprint density at radius 2 is 2.17 bits per heavy atom. The monoisotopic (exact) mass is 235 g/mol. The van der Waals surface area contributed by atoms with Gasteiger partial charge < -0.3 is 5.11 Å². The number of hydrogen-bond donors (Lipinski definition) is 1. The summed E-state index contributed by atoms with van der Waals surface area (Å²) in [7, 11) is 0. The summed E-state index contributed by atoms with van der Waals surface area (Å²) in [6, 6.07) is 2.24. The van der Waals surface area contributed by atoms with E-state index in [2.05, 4.69) is 15.9 Å². The molecule has 1 N–H and O–H groups in total. The quantitative estimate of drug-likeness (QED) is 0.600. The van der Waals surface area contributed by atoms with Crippen LogP contribution in [-0.2, 0) is 0 Å². The average molecular weight is 236 g/mol. The predicted molar refractivity (Wildman–Crippen MR) is 42.4 cm³/mol. The third kappa shape index (κ3) is 1.38.